The summed E-state index contributed by atoms with van der Waals surface area (Å²) in [5.41, 5.74) is 0.777. The number of nitrogens with one attached hydrogen (secondary N) is 1. The fraction of sp³-hybridized carbons (Fsp3) is 0.647. The van der Waals surface area contributed by atoms with Crippen molar-refractivity contribution < 1.29 is 8.78 Å². The average molecular weight is 294 g/mol. The van der Waals surface area contributed by atoms with Crippen molar-refractivity contribution >= 4 is 0 Å². The van der Waals surface area contributed by atoms with Gasteiger partial charge >= 0.3 is 0 Å². The summed E-state index contributed by atoms with van der Waals surface area (Å²) in [5, 5.41) is 3.59. The smallest absolute Gasteiger partial charge is 0.126 e. The molecular formula is C17H24F2N2. The Morgan fingerprint density at radius 1 is 1.10 bits per heavy atom. The molecule has 0 spiro atoms. The lowest BCUT2D eigenvalue weighted by Gasteiger charge is -2.33. The van der Waals surface area contributed by atoms with E-state index in [4.69, 9.17) is 0 Å². The standard InChI is InChI=1S/C17H24F2N2/c1-21-7-3-2-4-12(11-20-16-5-6-16)17(21)13-8-14(18)10-15(19)9-13/h8-10,12,16-17,20H,2-7,11H2,1H3. The molecule has 1 saturated heterocycles. The second kappa shape index (κ2) is 6.41. The molecule has 4 heteroatoms. The van der Waals surface area contributed by atoms with E-state index in [9.17, 15) is 8.78 Å². The summed E-state index contributed by atoms with van der Waals surface area (Å²) in [7, 11) is 2.07. The molecule has 1 aliphatic carbocycles. The lowest BCUT2D eigenvalue weighted by molar-refractivity contribution is 0.188. The van der Waals surface area contributed by atoms with Gasteiger partial charge < -0.3 is 5.32 Å². The Kier molecular flexibility index (Phi) is 4.55. The first-order valence-corrected chi connectivity index (χ1v) is 8.03. The Morgan fingerprint density at radius 3 is 2.48 bits per heavy atom. The first-order valence-electron chi connectivity index (χ1n) is 8.03. The van der Waals surface area contributed by atoms with Crippen LogP contribution < -0.4 is 5.32 Å². The molecule has 2 unspecified atom stereocenters. The highest BCUT2D eigenvalue weighted by Crippen LogP contribution is 2.35. The van der Waals surface area contributed by atoms with Crippen LogP contribution in [0.25, 0.3) is 0 Å². The zero-order valence-corrected chi connectivity index (χ0v) is 12.6. The maximum Gasteiger partial charge on any atom is 0.126 e. The molecule has 2 atom stereocenters. The van der Waals surface area contributed by atoms with Crippen LogP contribution in [0.5, 0.6) is 0 Å². The Morgan fingerprint density at radius 2 is 1.81 bits per heavy atom. The van der Waals surface area contributed by atoms with Crippen LogP contribution >= 0.6 is 0 Å². The summed E-state index contributed by atoms with van der Waals surface area (Å²) in [6.07, 6.45) is 6.00. The maximum atomic E-state index is 13.6. The van der Waals surface area contributed by atoms with Crippen LogP contribution in [-0.2, 0) is 0 Å². The van der Waals surface area contributed by atoms with Gasteiger partial charge in [0.1, 0.15) is 11.6 Å². The van der Waals surface area contributed by atoms with Crippen molar-refractivity contribution in [2.75, 3.05) is 20.1 Å². The van der Waals surface area contributed by atoms with Gasteiger partial charge in [0.25, 0.3) is 0 Å². The quantitative estimate of drug-likeness (QED) is 0.914. The fourth-order valence-electron chi connectivity index (χ4n) is 3.52. The van der Waals surface area contributed by atoms with E-state index < -0.39 is 11.6 Å². The van der Waals surface area contributed by atoms with Crippen molar-refractivity contribution in [3.8, 4) is 0 Å². The molecule has 0 radical (unpaired) electrons. The molecule has 1 aromatic carbocycles. The zero-order chi connectivity index (χ0) is 14.8. The van der Waals surface area contributed by atoms with Gasteiger partial charge in [-0.05, 0) is 62.9 Å². The van der Waals surface area contributed by atoms with Crippen LogP contribution in [0, 0.1) is 17.6 Å². The summed E-state index contributed by atoms with van der Waals surface area (Å²) < 4.78 is 27.2. The highest BCUT2D eigenvalue weighted by atomic mass is 19.1. The SMILES string of the molecule is CN1CCCCC(CNC2CC2)C1c1cc(F)cc(F)c1. The van der Waals surface area contributed by atoms with Gasteiger partial charge in [-0.2, -0.15) is 0 Å². The summed E-state index contributed by atoms with van der Waals surface area (Å²) in [5.74, 6) is -0.535. The third kappa shape index (κ3) is 3.80. The van der Waals surface area contributed by atoms with Gasteiger partial charge in [0.15, 0.2) is 0 Å². The average Bonchev–Trinajstić information content (AvgIpc) is 3.23. The third-order valence-corrected chi connectivity index (χ3v) is 4.73. The van der Waals surface area contributed by atoms with Crippen LogP contribution in [0.3, 0.4) is 0 Å². The fourth-order valence-corrected chi connectivity index (χ4v) is 3.52. The number of hydrogen-bond acceptors (Lipinski definition) is 2. The Labute approximate surface area is 125 Å². The molecule has 1 heterocycles. The zero-order valence-electron chi connectivity index (χ0n) is 12.6. The van der Waals surface area contributed by atoms with E-state index in [0.717, 1.165) is 37.6 Å². The number of halogens is 2. The molecule has 1 aromatic rings. The lowest BCUT2D eigenvalue weighted by Crippen LogP contribution is -2.35. The summed E-state index contributed by atoms with van der Waals surface area (Å²) in [6.45, 7) is 1.93. The molecular weight excluding hydrogens is 270 g/mol. The molecule has 2 aliphatic rings. The van der Waals surface area contributed by atoms with Crippen LogP contribution in [0.2, 0.25) is 0 Å². The monoisotopic (exact) mass is 294 g/mol. The summed E-state index contributed by atoms with van der Waals surface area (Å²) in [4.78, 5) is 2.26. The van der Waals surface area contributed by atoms with Gasteiger partial charge in [0.05, 0.1) is 0 Å². The molecule has 21 heavy (non-hydrogen) atoms. The van der Waals surface area contributed by atoms with Gasteiger partial charge in [0, 0.05) is 24.7 Å². The number of benzene rings is 1. The predicted molar refractivity (Wildman–Crippen MR) is 80.1 cm³/mol. The van der Waals surface area contributed by atoms with Crippen molar-refractivity contribution in [2.45, 2.75) is 44.2 Å². The van der Waals surface area contributed by atoms with Gasteiger partial charge in [-0.1, -0.05) is 6.42 Å². The second-order valence-corrected chi connectivity index (χ2v) is 6.57. The molecule has 2 nitrogen and oxygen atoms in total. The minimum atomic E-state index is -0.475. The van der Waals surface area contributed by atoms with Crippen molar-refractivity contribution in [1.29, 1.82) is 0 Å². The van der Waals surface area contributed by atoms with Gasteiger partial charge in [0.2, 0.25) is 0 Å². The van der Waals surface area contributed by atoms with Crippen molar-refractivity contribution in [3.05, 3.63) is 35.4 Å². The summed E-state index contributed by atoms with van der Waals surface area (Å²) >= 11 is 0. The minimum absolute atomic E-state index is 0.101. The Balaban J connectivity index is 1.83. The van der Waals surface area contributed by atoms with Gasteiger partial charge in [-0.3, -0.25) is 4.90 Å². The van der Waals surface area contributed by atoms with Crippen molar-refractivity contribution in [1.82, 2.24) is 10.2 Å². The van der Waals surface area contributed by atoms with E-state index in [1.165, 1.54) is 31.4 Å². The van der Waals surface area contributed by atoms with E-state index in [1.54, 1.807) is 0 Å². The second-order valence-electron chi connectivity index (χ2n) is 6.57. The lowest BCUT2D eigenvalue weighted by atomic mass is 9.89. The van der Waals surface area contributed by atoms with Crippen molar-refractivity contribution in [2.24, 2.45) is 5.92 Å². The Hall–Kier alpha value is -1.00. The molecule has 0 bridgehead atoms. The van der Waals surface area contributed by atoms with Crippen LogP contribution in [0.15, 0.2) is 18.2 Å². The topological polar surface area (TPSA) is 15.3 Å². The largest absolute Gasteiger partial charge is 0.314 e. The summed E-state index contributed by atoms with van der Waals surface area (Å²) in [6, 6.07) is 4.73. The van der Waals surface area contributed by atoms with E-state index in [1.807, 2.05) is 0 Å². The third-order valence-electron chi connectivity index (χ3n) is 4.73. The normalized spacial score (nSPS) is 27.6. The molecule has 3 rings (SSSR count). The highest BCUT2D eigenvalue weighted by molar-refractivity contribution is 5.22. The number of nitrogens with zero attached hydrogens (tertiary/aromatic N) is 1. The molecule has 1 aliphatic heterocycles. The number of rotatable bonds is 4. The number of likely N-dealkylation sites (tertiary alicyclic amines) is 1. The first kappa shape index (κ1) is 14.9. The van der Waals surface area contributed by atoms with Crippen LogP contribution in [-0.4, -0.2) is 31.1 Å². The van der Waals surface area contributed by atoms with E-state index in [2.05, 4.69) is 17.3 Å². The molecule has 0 aromatic heterocycles. The van der Waals surface area contributed by atoms with Crippen LogP contribution in [0.4, 0.5) is 8.78 Å². The van der Waals surface area contributed by atoms with E-state index in [-0.39, 0.29) is 6.04 Å². The Bertz CT molecular complexity index is 467. The first-order chi connectivity index (χ1) is 10.1. The minimum Gasteiger partial charge on any atom is -0.314 e. The number of hydrogen-bond donors (Lipinski definition) is 1. The van der Waals surface area contributed by atoms with Gasteiger partial charge in [-0.15, -0.1) is 0 Å². The van der Waals surface area contributed by atoms with Gasteiger partial charge in [-0.25, -0.2) is 8.78 Å². The molecule has 116 valence electrons. The molecule has 1 saturated carbocycles. The molecule has 0 amide bonds. The molecule has 2 fully saturated rings. The maximum absolute atomic E-state index is 13.6. The highest BCUT2D eigenvalue weighted by Gasteiger charge is 2.31. The molecule has 1 N–H and O–H groups in total. The predicted octanol–water partition coefficient (Wildman–Crippen LogP) is 3.49. The van der Waals surface area contributed by atoms with Crippen molar-refractivity contribution in [3.63, 3.8) is 0 Å². The van der Waals surface area contributed by atoms with E-state index >= 15 is 0 Å². The van der Waals surface area contributed by atoms with Crippen LogP contribution in [0.1, 0.15) is 43.7 Å². The van der Waals surface area contributed by atoms with E-state index in [0.29, 0.717) is 12.0 Å².